The van der Waals surface area contributed by atoms with Crippen LogP contribution in [0.2, 0.25) is 0 Å². The standard InChI is InChI=1S/C25H35O3P/c1-15(2)27-20-10-11-22(21(14-20)28-16(3)4)29-24(26)23-17(5)12-19(13-18(23)6)25(7,8)9/h10-16,26H,1-9H3/p-1. The van der Waals surface area contributed by atoms with Gasteiger partial charge in [0.05, 0.1) is 12.2 Å². The highest BCUT2D eigenvalue weighted by Crippen LogP contribution is 2.29. The van der Waals surface area contributed by atoms with Gasteiger partial charge in [0.2, 0.25) is 0 Å². The quantitative estimate of drug-likeness (QED) is 0.605. The van der Waals surface area contributed by atoms with E-state index in [1.165, 1.54) is 5.56 Å². The normalized spacial score (nSPS) is 12.6. The lowest BCUT2D eigenvalue weighted by Crippen LogP contribution is -2.22. The zero-order valence-electron chi connectivity index (χ0n) is 19.2. The maximum absolute atomic E-state index is 13.2. The van der Waals surface area contributed by atoms with Crippen LogP contribution in [0.1, 0.15) is 70.7 Å². The van der Waals surface area contributed by atoms with Crippen LogP contribution >= 0.6 is 8.20 Å². The zero-order valence-corrected chi connectivity index (χ0v) is 20.1. The van der Waals surface area contributed by atoms with E-state index in [1.807, 2.05) is 59.7 Å². The third-order valence-electron chi connectivity index (χ3n) is 4.50. The van der Waals surface area contributed by atoms with E-state index in [2.05, 4.69) is 32.9 Å². The minimum Gasteiger partial charge on any atom is -0.823 e. The van der Waals surface area contributed by atoms with Crippen molar-refractivity contribution in [2.24, 2.45) is 0 Å². The summed E-state index contributed by atoms with van der Waals surface area (Å²) in [5.41, 5.74) is 4.25. The fourth-order valence-corrected chi connectivity index (χ4v) is 4.24. The second-order valence-corrected chi connectivity index (χ2v) is 10.2. The Morgan fingerprint density at radius 3 is 1.93 bits per heavy atom. The summed E-state index contributed by atoms with van der Waals surface area (Å²) in [5.74, 6) is 1.46. The number of benzene rings is 2. The maximum atomic E-state index is 13.2. The monoisotopic (exact) mass is 413 g/mol. The van der Waals surface area contributed by atoms with Crippen molar-refractivity contribution in [1.29, 1.82) is 0 Å². The highest BCUT2D eigenvalue weighted by atomic mass is 31.1. The van der Waals surface area contributed by atoms with Gasteiger partial charge in [-0.2, -0.15) is 0 Å². The molecule has 0 aliphatic carbocycles. The topological polar surface area (TPSA) is 41.5 Å². The summed E-state index contributed by atoms with van der Waals surface area (Å²) < 4.78 is 11.8. The lowest BCUT2D eigenvalue weighted by molar-refractivity contribution is -0.207. The second-order valence-electron chi connectivity index (χ2n) is 9.11. The van der Waals surface area contributed by atoms with Crippen molar-refractivity contribution in [1.82, 2.24) is 0 Å². The Balaban J connectivity index is 2.50. The predicted octanol–water partition coefficient (Wildman–Crippen LogP) is 5.29. The Bertz CT molecular complexity index is 866. The molecule has 3 nitrogen and oxygen atoms in total. The Hall–Kier alpha value is -1.83. The van der Waals surface area contributed by atoms with Gasteiger partial charge < -0.3 is 14.6 Å². The van der Waals surface area contributed by atoms with E-state index in [0.29, 0.717) is 14.0 Å². The Labute approximate surface area is 177 Å². The van der Waals surface area contributed by atoms with Gasteiger partial charge in [-0.1, -0.05) is 41.1 Å². The summed E-state index contributed by atoms with van der Waals surface area (Å²) in [7, 11) is 0.609. The average Bonchev–Trinajstić information content (AvgIpc) is 2.54. The fraction of sp³-hybridized carbons (Fsp3) is 0.480. The Morgan fingerprint density at radius 2 is 1.45 bits per heavy atom. The van der Waals surface area contributed by atoms with Gasteiger partial charge in [0.15, 0.2) is 0 Å². The molecule has 0 fully saturated rings. The molecule has 0 unspecified atom stereocenters. The van der Waals surface area contributed by atoms with Crippen LogP contribution in [0.4, 0.5) is 0 Å². The molecule has 2 aromatic rings. The smallest absolute Gasteiger partial charge is 0.135 e. The average molecular weight is 414 g/mol. The van der Waals surface area contributed by atoms with E-state index in [0.717, 1.165) is 27.7 Å². The van der Waals surface area contributed by atoms with Crippen molar-refractivity contribution in [2.75, 3.05) is 0 Å². The highest BCUT2D eigenvalue weighted by Gasteiger charge is 2.16. The zero-order chi connectivity index (χ0) is 21.9. The molecule has 2 rings (SSSR count). The van der Waals surface area contributed by atoms with Crippen LogP contribution < -0.4 is 19.9 Å². The summed E-state index contributed by atoms with van der Waals surface area (Å²) in [5, 5.41) is 14.1. The van der Waals surface area contributed by atoms with Gasteiger partial charge in [0.1, 0.15) is 11.5 Å². The van der Waals surface area contributed by atoms with E-state index in [9.17, 15) is 5.11 Å². The van der Waals surface area contributed by atoms with Gasteiger partial charge in [0.25, 0.3) is 0 Å². The van der Waals surface area contributed by atoms with Crippen LogP contribution in [0, 0.1) is 13.8 Å². The fourth-order valence-electron chi connectivity index (χ4n) is 3.18. The maximum Gasteiger partial charge on any atom is 0.135 e. The first kappa shape index (κ1) is 23.4. The van der Waals surface area contributed by atoms with Crippen molar-refractivity contribution in [2.45, 2.75) is 79.9 Å². The predicted molar refractivity (Wildman–Crippen MR) is 123 cm³/mol. The molecule has 0 bridgehead atoms. The molecule has 29 heavy (non-hydrogen) atoms. The molecular formula is C25H34O3P-. The first-order chi connectivity index (χ1) is 13.4. The van der Waals surface area contributed by atoms with Gasteiger partial charge in [-0.25, -0.2) is 0 Å². The minimum absolute atomic E-state index is 0.0166. The molecule has 4 heteroatoms. The number of aryl methyl sites for hydroxylation is 2. The molecule has 0 radical (unpaired) electrons. The molecule has 0 amide bonds. The van der Waals surface area contributed by atoms with Crippen LogP contribution in [-0.2, 0) is 5.41 Å². The van der Waals surface area contributed by atoms with Crippen LogP contribution in [0.25, 0.3) is 0 Å². The van der Waals surface area contributed by atoms with Crippen molar-refractivity contribution >= 4 is 19.0 Å². The molecule has 0 aromatic heterocycles. The van der Waals surface area contributed by atoms with Crippen molar-refractivity contribution in [3.05, 3.63) is 52.6 Å². The van der Waals surface area contributed by atoms with Crippen LogP contribution in [0.3, 0.4) is 0 Å². The number of ether oxygens (including phenoxy) is 2. The molecule has 0 atom stereocenters. The molecule has 158 valence electrons. The van der Waals surface area contributed by atoms with E-state index >= 15 is 0 Å². The van der Waals surface area contributed by atoms with Gasteiger partial charge >= 0.3 is 0 Å². The molecule has 0 saturated heterocycles. The molecule has 0 aliphatic heterocycles. The lowest BCUT2D eigenvalue weighted by Gasteiger charge is -2.25. The summed E-state index contributed by atoms with van der Waals surface area (Å²) in [6.45, 7) is 18.6. The molecule has 0 spiro atoms. The highest BCUT2D eigenvalue weighted by molar-refractivity contribution is 7.49. The first-order valence-electron chi connectivity index (χ1n) is 10.2. The minimum atomic E-state index is 0.0166. The Kier molecular flexibility index (Phi) is 7.54. The van der Waals surface area contributed by atoms with Crippen LogP contribution in [0.15, 0.2) is 30.3 Å². The van der Waals surface area contributed by atoms with Gasteiger partial charge in [-0.05, 0) is 81.3 Å². The number of rotatable bonds is 6. The largest absolute Gasteiger partial charge is 0.823 e. The third-order valence-corrected chi connectivity index (χ3v) is 5.54. The van der Waals surface area contributed by atoms with E-state index in [-0.39, 0.29) is 23.1 Å². The van der Waals surface area contributed by atoms with Crippen molar-refractivity contribution in [3.8, 4) is 11.5 Å². The summed E-state index contributed by atoms with van der Waals surface area (Å²) in [6, 6.07) is 10.0. The van der Waals surface area contributed by atoms with Gasteiger partial charge in [0, 0.05) is 11.4 Å². The van der Waals surface area contributed by atoms with Gasteiger partial charge in [-0.15, -0.1) is 5.48 Å². The van der Waals surface area contributed by atoms with Crippen molar-refractivity contribution < 1.29 is 14.6 Å². The summed E-state index contributed by atoms with van der Waals surface area (Å²) in [6.07, 6.45) is 0.0986. The van der Waals surface area contributed by atoms with Gasteiger partial charge in [-0.3, -0.25) is 0 Å². The Morgan fingerprint density at radius 1 is 0.897 bits per heavy atom. The van der Waals surface area contributed by atoms with E-state index in [1.54, 1.807) is 0 Å². The summed E-state index contributed by atoms with van der Waals surface area (Å²) in [4.78, 5) is 0. The number of hydrogen-bond donors (Lipinski definition) is 0. The van der Waals surface area contributed by atoms with E-state index in [4.69, 9.17) is 9.47 Å². The van der Waals surface area contributed by atoms with Crippen LogP contribution in [0.5, 0.6) is 11.5 Å². The molecular weight excluding hydrogens is 379 g/mol. The molecule has 0 aliphatic rings. The molecule has 0 N–H and O–H groups in total. The molecule has 2 aromatic carbocycles. The molecule has 0 heterocycles. The lowest BCUT2D eigenvalue weighted by atomic mass is 9.84. The van der Waals surface area contributed by atoms with Crippen molar-refractivity contribution in [3.63, 3.8) is 0 Å². The summed E-state index contributed by atoms with van der Waals surface area (Å²) >= 11 is 0. The molecule has 0 saturated carbocycles. The number of hydrogen-bond acceptors (Lipinski definition) is 3. The van der Waals surface area contributed by atoms with E-state index < -0.39 is 0 Å². The van der Waals surface area contributed by atoms with Crippen LogP contribution in [-0.4, -0.2) is 17.7 Å². The third kappa shape index (κ3) is 6.32. The first-order valence-corrected chi connectivity index (χ1v) is 11.1. The SMILES string of the molecule is Cc1cc(C(C)(C)C)cc(C)c1C([O-])=Pc1ccc(OC(C)C)cc1OC(C)C. The second kappa shape index (κ2) is 9.32.